The summed E-state index contributed by atoms with van der Waals surface area (Å²) in [5, 5.41) is 0. The second-order valence-electron chi connectivity index (χ2n) is 3.71. The smallest absolute Gasteiger partial charge is 0.315 e. The molecule has 1 aromatic heterocycles. The summed E-state index contributed by atoms with van der Waals surface area (Å²) in [6.07, 6.45) is 2.45. The molecule has 0 atom stereocenters. The molecule has 5 nitrogen and oxygen atoms in total. The molecule has 0 aliphatic rings. The Hall–Kier alpha value is -1.43. The lowest BCUT2D eigenvalue weighted by Gasteiger charge is -2.06. The lowest BCUT2D eigenvalue weighted by atomic mass is 10.4. The maximum Gasteiger partial charge on any atom is 0.315 e. The molecule has 0 aromatic carbocycles. The fourth-order valence-electron chi connectivity index (χ4n) is 1.42. The zero-order chi connectivity index (χ0) is 13.4. The molecular formula is C12H18N2O3S. The Labute approximate surface area is 110 Å². The highest BCUT2D eigenvalue weighted by Gasteiger charge is 2.01. The summed E-state index contributed by atoms with van der Waals surface area (Å²) in [5.41, 5.74) is 6.13. The molecular weight excluding hydrogens is 252 g/mol. The molecule has 1 rings (SSSR count). The Balaban J connectivity index is 2.24. The Morgan fingerprint density at radius 2 is 2.28 bits per heavy atom. The summed E-state index contributed by atoms with van der Waals surface area (Å²) in [5.74, 6) is 0.975. The van der Waals surface area contributed by atoms with Gasteiger partial charge in [-0.25, -0.2) is 0 Å². The third-order valence-corrected chi connectivity index (χ3v) is 3.24. The number of pyridine rings is 1. The highest BCUT2D eigenvalue weighted by Crippen LogP contribution is 2.05. The standard InChI is InChI=1S/C12H18N2O3S/c1-2-17-12(16)9-18-7-3-6-14-8-10(13)4-5-11(14)15/h4-5,8H,2-3,6-7,9,13H2,1H3. The van der Waals surface area contributed by atoms with Crippen molar-refractivity contribution >= 4 is 23.4 Å². The number of esters is 1. The Morgan fingerprint density at radius 1 is 1.50 bits per heavy atom. The van der Waals surface area contributed by atoms with Crippen molar-refractivity contribution in [2.75, 3.05) is 23.8 Å². The van der Waals surface area contributed by atoms with Crippen molar-refractivity contribution in [1.82, 2.24) is 4.57 Å². The van der Waals surface area contributed by atoms with Crippen LogP contribution in [-0.4, -0.2) is 28.6 Å². The second kappa shape index (κ2) is 7.81. The van der Waals surface area contributed by atoms with Gasteiger partial charge in [0.25, 0.3) is 5.56 Å². The Bertz CT molecular complexity index is 445. The number of aryl methyl sites for hydroxylation is 1. The molecule has 0 saturated carbocycles. The van der Waals surface area contributed by atoms with Gasteiger partial charge in [-0.2, -0.15) is 11.8 Å². The second-order valence-corrected chi connectivity index (χ2v) is 4.81. The van der Waals surface area contributed by atoms with Crippen LogP contribution < -0.4 is 11.3 Å². The van der Waals surface area contributed by atoms with E-state index in [0.717, 1.165) is 12.2 Å². The molecule has 6 heteroatoms. The van der Waals surface area contributed by atoms with Crippen molar-refractivity contribution in [3.05, 3.63) is 28.7 Å². The molecule has 0 aliphatic heterocycles. The van der Waals surface area contributed by atoms with Crippen LogP contribution in [0, 0.1) is 0 Å². The third kappa shape index (κ3) is 5.27. The number of nitrogen functional groups attached to an aromatic ring is 1. The first-order chi connectivity index (χ1) is 8.63. The van der Waals surface area contributed by atoms with Crippen molar-refractivity contribution in [2.24, 2.45) is 0 Å². The summed E-state index contributed by atoms with van der Waals surface area (Å²) < 4.78 is 6.39. The topological polar surface area (TPSA) is 74.3 Å². The monoisotopic (exact) mass is 270 g/mol. The van der Waals surface area contributed by atoms with Crippen LogP contribution in [0.1, 0.15) is 13.3 Å². The van der Waals surface area contributed by atoms with Crippen LogP contribution in [0.25, 0.3) is 0 Å². The predicted octanol–water partition coefficient (Wildman–Crippen LogP) is 1.12. The van der Waals surface area contributed by atoms with E-state index in [9.17, 15) is 9.59 Å². The van der Waals surface area contributed by atoms with Crippen LogP contribution in [0.2, 0.25) is 0 Å². The first kappa shape index (κ1) is 14.6. The van der Waals surface area contributed by atoms with Gasteiger partial charge in [-0.1, -0.05) is 0 Å². The van der Waals surface area contributed by atoms with E-state index in [4.69, 9.17) is 10.5 Å². The number of ether oxygens (including phenoxy) is 1. The fraction of sp³-hybridized carbons (Fsp3) is 0.500. The van der Waals surface area contributed by atoms with E-state index in [0.29, 0.717) is 24.6 Å². The number of hydrogen-bond donors (Lipinski definition) is 1. The van der Waals surface area contributed by atoms with Gasteiger partial charge in [0.15, 0.2) is 0 Å². The number of carbonyl (C=O) groups is 1. The summed E-state index contributed by atoms with van der Waals surface area (Å²) in [4.78, 5) is 22.5. The molecule has 0 spiro atoms. The van der Waals surface area contributed by atoms with Crippen molar-refractivity contribution < 1.29 is 9.53 Å². The minimum absolute atomic E-state index is 0.0559. The minimum Gasteiger partial charge on any atom is -0.465 e. The van der Waals surface area contributed by atoms with Crippen LogP contribution in [-0.2, 0) is 16.1 Å². The number of thioether (sulfide) groups is 1. The van der Waals surface area contributed by atoms with Gasteiger partial charge in [-0.3, -0.25) is 9.59 Å². The van der Waals surface area contributed by atoms with Crippen LogP contribution in [0.3, 0.4) is 0 Å². The summed E-state index contributed by atoms with van der Waals surface area (Å²) in [6.45, 7) is 2.81. The van der Waals surface area contributed by atoms with E-state index in [1.807, 2.05) is 0 Å². The molecule has 0 aliphatic carbocycles. The third-order valence-electron chi connectivity index (χ3n) is 2.22. The first-order valence-corrected chi connectivity index (χ1v) is 6.98. The van der Waals surface area contributed by atoms with Gasteiger partial charge < -0.3 is 15.0 Å². The van der Waals surface area contributed by atoms with E-state index in [2.05, 4.69) is 0 Å². The van der Waals surface area contributed by atoms with Gasteiger partial charge in [-0.15, -0.1) is 0 Å². The highest BCUT2D eigenvalue weighted by atomic mass is 32.2. The number of carbonyl (C=O) groups excluding carboxylic acids is 1. The van der Waals surface area contributed by atoms with Gasteiger partial charge in [-0.05, 0) is 25.2 Å². The quantitative estimate of drug-likeness (QED) is 0.593. The van der Waals surface area contributed by atoms with Gasteiger partial charge >= 0.3 is 5.97 Å². The number of aromatic nitrogens is 1. The van der Waals surface area contributed by atoms with Crippen LogP contribution in [0.4, 0.5) is 5.69 Å². The summed E-state index contributed by atoms with van der Waals surface area (Å²) in [6, 6.07) is 3.05. The number of nitrogens with two attached hydrogens (primary N) is 1. The molecule has 1 heterocycles. The number of hydrogen-bond acceptors (Lipinski definition) is 5. The molecule has 2 N–H and O–H groups in total. The van der Waals surface area contributed by atoms with Crippen LogP contribution in [0.5, 0.6) is 0 Å². The van der Waals surface area contributed by atoms with Gasteiger partial charge in [0.05, 0.1) is 12.4 Å². The van der Waals surface area contributed by atoms with E-state index >= 15 is 0 Å². The van der Waals surface area contributed by atoms with Crippen molar-refractivity contribution in [3.8, 4) is 0 Å². The molecule has 0 unspecified atom stereocenters. The average Bonchev–Trinajstić information content (AvgIpc) is 2.33. The fourth-order valence-corrected chi connectivity index (χ4v) is 2.15. The molecule has 0 amide bonds. The van der Waals surface area contributed by atoms with E-state index < -0.39 is 0 Å². The minimum atomic E-state index is -0.191. The lowest BCUT2D eigenvalue weighted by molar-refractivity contribution is -0.139. The zero-order valence-corrected chi connectivity index (χ0v) is 11.2. The Morgan fingerprint density at radius 3 is 3.00 bits per heavy atom. The highest BCUT2D eigenvalue weighted by molar-refractivity contribution is 7.99. The summed E-state index contributed by atoms with van der Waals surface area (Å²) in [7, 11) is 0. The van der Waals surface area contributed by atoms with Crippen molar-refractivity contribution in [1.29, 1.82) is 0 Å². The Kier molecular flexibility index (Phi) is 6.35. The molecule has 100 valence electrons. The molecule has 1 aromatic rings. The van der Waals surface area contributed by atoms with Crippen LogP contribution >= 0.6 is 11.8 Å². The lowest BCUT2D eigenvalue weighted by Crippen LogP contribution is -2.19. The van der Waals surface area contributed by atoms with E-state index in [-0.39, 0.29) is 11.5 Å². The molecule has 0 fully saturated rings. The van der Waals surface area contributed by atoms with E-state index in [1.54, 1.807) is 23.8 Å². The number of rotatable bonds is 7. The number of nitrogens with zero attached hydrogens (tertiary/aromatic N) is 1. The SMILES string of the molecule is CCOC(=O)CSCCCn1cc(N)ccc1=O. The van der Waals surface area contributed by atoms with Gasteiger partial charge in [0.2, 0.25) is 0 Å². The molecule has 0 saturated heterocycles. The van der Waals surface area contributed by atoms with Crippen molar-refractivity contribution in [3.63, 3.8) is 0 Å². The van der Waals surface area contributed by atoms with Gasteiger partial charge in [0.1, 0.15) is 0 Å². The predicted molar refractivity (Wildman–Crippen MR) is 73.7 cm³/mol. The summed E-state index contributed by atoms with van der Waals surface area (Å²) >= 11 is 1.51. The van der Waals surface area contributed by atoms with Gasteiger partial charge in [0, 0.05) is 24.5 Å². The molecule has 18 heavy (non-hydrogen) atoms. The molecule has 0 bridgehead atoms. The maximum absolute atomic E-state index is 11.5. The normalized spacial score (nSPS) is 10.3. The van der Waals surface area contributed by atoms with Crippen molar-refractivity contribution in [2.45, 2.75) is 19.9 Å². The van der Waals surface area contributed by atoms with E-state index in [1.165, 1.54) is 17.8 Å². The largest absolute Gasteiger partial charge is 0.465 e. The number of anilines is 1. The average molecular weight is 270 g/mol. The van der Waals surface area contributed by atoms with Crippen LogP contribution in [0.15, 0.2) is 23.1 Å². The first-order valence-electron chi connectivity index (χ1n) is 5.83. The maximum atomic E-state index is 11.5. The molecule has 0 radical (unpaired) electrons. The zero-order valence-electron chi connectivity index (χ0n) is 10.4.